The molecule has 0 unspecified atom stereocenters. The Labute approximate surface area is 300 Å². The van der Waals surface area contributed by atoms with Gasteiger partial charge in [-0.25, -0.2) is 14.5 Å². The van der Waals surface area contributed by atoms with Gasteiger partial charge in [0.15, 0.2) is 11.4 Å². The van der Waals surface area contributed by atoms with Crippen LogP contribution in [0.1, 0.15) is 56.9 Å². The van der Waals surface area contributed by atoms with E-state index in [0.29, 0.717) is 22.7 Å². The Kier molecular flexibility index (Phi) is 12.2. The average Bonchev–Trinajstić information content (AvgIpc) is 3.62. The predicted octanol–water partition coefficient (Wildman–Crippen LogP) is 0.979. The smallest absolute Gasteiger partial charge is 0.408 e. The number of hydrogen-bond donors (Lipinski definition) is 4. The van der Waals surface area contributed by atoms with Gasteiger partial charge in [-0.15, -0.1) is 0 Å². The fourth-order valence-electron chi connectivity index (χ4n) is 6.05. The number of aromatic nitrogens is 4. The van der Waals surface area contributed by atoms with Gasteiger partial charge in [-0.05, 0) is 43.9 Å². The van der Waals surface area contributed by atoms with Gasteiger partial charge >= 0.3 is 5.76 Å². The molecule has 0 saturated heterocycles. The fourth-order valence-corrected chi connectivity index (χ4v) is 6.05. The van der Waals surface area contributed by atoms with Crippen LogP contribution in [0.15, 0.2) is 63.8 Å². The van der Waals surface area contributed by atoms with Crippen LogP contribution in [-0.4, -0.2) is 85.5 Å². The second kappa shape index (κ2) is 16.9. The summed E-state index contributed by atoms with van der Waals surface area (Å²) >= 11 is 0. The Morgan fingerprint density at radius 1 is 0.923 bits per heavy atom. The lowest BCUT2D eigenvalue weighted by Gasteiger charge is -2.27. The first kappa shape index (κ1) is 37.5. The van der Waals surface area contributed by atoms with Crippen molar-refractivity contribution < 1.29 is 28.4 Å². The molecule has 0 bridgehead atoms. The lowest BCUT2D eigenvalue weighted by molar-refractivity contribution is -0.133. The normalized spacial score (nSPS) is 20.1. The van der Waals surface area contributed by atoms with Crippen LogP contribution in [0, 0.1) is 12.8 Å². The van der Waals surface area contributed by atoms with Crippen LogP contribution in [0.25, 0.3) is 11.1 Å². The van der Waals surface area contributed by atoms with Gasteiger partial charge in [0, 0.05) is 32.5 Å². The molecule has 5 amide bonds. The van der Waals surface area contributed by atoms with E-state index >= 15 is 0 Å². The van der Waals surface area contributed by atoms with Crippen LogP contribution in [-0.2, 0) is 43.5 Å². The number of oxazole rings is 1. The van der Waals surface area contributed by atoms with Crippen molar-refractivity contribution in [3.8, 4) is 0 Å². The second-order valence-corrected chi connectivity index (χ2v) is 13.2. The number of rotatable bonds is 5. The van der Waals surface area contributed by atoms with E-state index in [1.807, 2.05) is 44.2 Å². The maximum absolute atomic E-state index is 13.9. The lowest BCUT2D eigenvalue weighted by Crippen LogP contribution is -2.54. The monoisotopic (exact) mass is 715 g/mol. The molecule has 16 heteroatoms. The third-order valence-corrected chi connectivity index (χ3v) is 8.78. The van der Waals surface area contributed by atoms with Gasteiger partial charge in [0.1, 0.15) is 31.0 Å². The first-order chi connectivity index (χ1) is 24.9. The molecule has 2 aromatic carbocycles. The van der Waals surface area contributed by atoms with Crippen molar-refractivity contribution in [2.75, 3.05) is 19.6 Å². The molecule has 5 rings (SSSR count). The molecule has 0 spiro atoms. The molecule has 0 fully saturated rings. The number of hydrogen-bond acceptors (Lipinski definition) is 9. The zero-order valence-electron chi connectivity index (χ0n) is 29.8. The van der Waals surface area contributed by atoms with Crippen molar-refractivity contribution in [1.29, 1.82) is 0 Å². The molecule has 1 aliphatic heterocycles. The number of carbonyl (C=O) groups excluding carboxylic acids is 5. The molecular formula is C36H45N9O7. The van der Waals surface area contributed by atoms with Gasteiger partial charge in [0.25, 0.3) is 0 Å². The van der Waals surface area contributed by atoms with Gasteiger partial charge in [0.2, 0.25) is 29.5 Å². The highest BCUT2D eigenvalue weighted by Gasteiger charge is 2.31. The maximum Gasteiger partial charge on any atom is 0.420 e. The summed E-state index contributed by atoms with van der Waals surface area (Å²) in [6, 6.07) is 13.4. The molecule has 0 saturated carbocycles. The van der Waals surface area contributed by atoms with Crippen molar-refractivity contribution >= 4 is 40.6 Å². The van der Waals surface area contributed by atoms with Crippen molar-refractivity contribution in [3.05, 3.63) is 82.4 Å². The molecule has 16 nitrogen and oxygen atoms in total. The highest BCUT2D eigenvalue weighted by molar-refractivity contribution is 5.92. The molecule has 1 aliphatic rings. The molecule has 3 heterocycles. The Hall–Kier alpha value is -5.80. The summed E-state index contributed by atoms with van der Waals surface area (Å²) in [5, 5.41) is 15.8. The number of amides is 5. The van der Waals surface area contributed by atoms with E-state index in [1.54, 1.807) is 31.2 Å². The van der Waals surface area contributed by atoms with E-state index in [-0.39, 0.29) is 57.9 Å². The Bertz CT molecular complexity index is 1970. The van der Waals surface area contributed by atoms with Gasteiger partial charge in [-0.1, -0.05) is 56.3 Å². The molecule has 52 heavy (non-hydrogen) atoms. The molecule has 0 aliphatic carbocycles. The van der Waals surface area contributed by atoms with Crippen molar-refractivity contribution in [3.63, 3.8) is 0 Å². The van der Waals surface area contributed by atoms with E-state index in [2.05, 4.69) is 31.3 Å². The lowest BCUT2D eigenvalue weighted by atomic mass is 10.0. The fraction of sp³-hybridized carbons (Fsp3) is 0.444. The third kappa shape index (κ3) is 9.50. The Morgan fingerprint density at radius 3 is 2.40 bits per heavy atom. The van der Waals surface area contributed by atoms with Gasteiger partial charge in [0.05, 0.1) is 11.6 Å². The zero-order chi connectivity index (χ0) is 37.4. The van der Waals surface area contributed by atoms with Gasteiger partial charge in [-0.3, -0.25) is 28.5 Å². The summed E-state index contributed by atoms with van der Waals surface area (Å²) in [5.74, 6) is -2.34. The first-order valence-corrected chi connectivity index (χ1v) is 17.4. The molecule has 4 aromatic rings. The SMILES string of the molecule is Cc1nc2n(n1)CC(=O)NCCN(C(=O)Cn1c(=O)oc3ccccc31)CCCC(=O)N[C@@H](C)C(=O)N[C@H](Cc1ccccc1)C(=O)N[C@H]2C(C)C. The number of para-hydroxylation sites is 2. The van der Waals surface area contributed by atoms with Crippen molar-refractivity contribution in [2.24, 2.45) is 5.92 Å². The van der Waals surface area contributed by atoms with Crippen LogP contribution >= 0.6 is 0 Å². The van der Waals surface area contributed by atoms with Crippen LogP contribution < -0.4 is 27.0 Å². The highest BCUT2D eigenvalue weighted by atomic mass is 16.4. The summed E-state index contributed by atoms with van der Waals surface area (Å²) in [5.41, 5.74) is 1.63. The number of nitrogens with one attached hydrogen (secondary N) is 4. The number of carbonyl (C=O) groups is 5. The van der Waals surface area contributed by atoms with E-state index in [1.165, 1.54) is 21.1 Å². The van der Waals surface area contributed by atoms with Crippen LogP contribution in [0.5, 0.6) is 0 Å². The number of nitrogens with zero attached hydrogens (tertiary/aromatic N) is 5. The molecule has 276 valence electrons. The molecule has 4 N–H and O–H groups in total. The van der Waals surface area contributed by atoms with Crippen molar-refractivity contribution in [1.82, 2.24) is 45.5 Å². The quantitative estimate of drug-likeness (QED) is 0.232. The van der Waals surface area contributed by atoms with E-state index in [9.17, 15) is 28.8 Å². The summed E-state index contributed by atoms with van der Waals surface area (Å²) in [7, 11) is 0. The second-order valence-electron chi connectivity index (χ2n) is 13.2. The molecular weight excluding hydrogens is 670 g/mol. The predicted molar refractivity (Wildman–Crippen MR) is 189 cm³/mol. The topological polar surface area (TPSA) is 203 Å². The highest BCUT2D eigenvalue weighted by Crippen LogP contribution is 2.21. The molecule has 3 atom stereocenters. The summed E-state index contributed by atoms with van der Waals surface area (Å²) in [6.45, 7) is 6.79. The standard InChI is InChI=1S/C36H45N9O7/c1-22(2)32-33-39-24(4)42-45(33)20-30(47)37-16-18-43(31(48)21-44-27-13-8-9-14-28(27)52-36(44)51)17-10-15-29(46)38-23(3)34(49)40-26(35(50)41-32)19-25-11-6-5-7-12-25/h5-9,11-14,22-23,26,32H,10,15-21H2,1-4H3,(H,37,47)(H,38,46)(H,40,49)(H,41,50)/t23-,26+,32-/m0/s1. The van der Waals surface area contributed by atoms with Crippen LogP contribution in [0.3, 0.4) is 0 Å². The zero-order valence-corrected chi connectivity index (χ0v) is 29.8. The van der Waals surface area contributed by atoms with E-state index in [4.69, 9.17) is 4.42 Å². The van der Waals surface area contributed by atoms with Crippen molar-refractivity contribution in [2.45, 2.75) is 78.2 Å². The van der Waals surface area contributed by atoms with Gasteiger partial charge < -0.3 is 30.6 Å². The summed E-state index contributed by atoms with van der Waals surface area (Å²) < 4.78 is 7.96. The average molecular weight is 716 g/mol. The third-order valence-electron chi connectivity index (χ3n) is 8.78. The van der Waals surface area contributed by atoms with E-state index in [0.717, 1.165) is 5.56 Å². The van der Waals surface area contributed by atoms with Gasteiger partial charge in [-0.2, -0.15) is 5.10 Å². The minimum absolute atomic E-state index is 0.0131. The van der Waals surface area contributed by atoms with Crippen LogP contribution in [0.2, 0.25) is 0 Å². The maximum atomic E-state index is 13.9. The van der Waals surface area contributed by atoms with Crippen LogP contribution in [0.4, 0.5) is 0 Å². The minimum atomic E-state index is -0.999. The first-order valence-electron chi connectivity index (χ1n) is 17.4. The number of aryl methyl sites for hydroxylation is 1. The Morgan fingerprint density at radius 2 is 1.65 bits per heavy atom. The number of benzene rings is 2. The number of fused-ring (bicyclic) bond motifs is 2. The Balaban J connectivity index is 1.39. The molecule has 2 aromatic heterocycles. The van der Waals surface area contributed by atoms with E-state index < -0.39 is 53.4 Å². The summed E-state index contributed by atoms with van der Waals surface area (Å²) in [4.78, 5) is 85.6. The molecule has 0 radical (unpaired) electrons. The summed E-state index contributed by atoms with van der Waals surface area (Å²) in [6.07, 6.45) is 0.404. The minimum Gasteiger partial charge on any atom is -0.408 e. The largest absolute Gasteiger partial charge is 0.420 e.